The Morgan fingerprint density at radius 1 is 0.926 bits per heavy atom. The molecule has 0 radical (unpaired) electrons. The molecule has 0 N–H and O–H groups in total. The number of hydrogen-bond acceptors (Lipinski definition) is 4. The zero-order chi connectivity index (χ0) is 18.6. The van der Waals surface area contributed by atoms with Crippen LogP contribution in [-0.4, -0.2) is 16.7 Å². The van der Waals surface area contributed by atoms with E-state index in [1.807, 2.05) is 30.3 Å². The molecule has 1 aromatic heterocycles. The van der Waals surface area contributed by atoms with Crippen molar-refractivity contribution in [3.63, 3.8) is 0 Å². The smallest absolute Gasteiger partial charge is 0.231 e. The van der Waals surface area contributed by atoms with Crippen molar-refractivity contribution in [2.45, 2.75) is 19.6 Å². The predicted molar refractivity (Wildman–Crippen MR) is 101 cm³/mol. The van der Waals surface area contributed by atoms with E-state index >= 15 is 0 Å². The number of benzene rings is 2. The Hall–Kier alpha value is -2.63. The van der Waals surface area contributed by atoms with Crippen molar-refractivity contribution < 1.29 is 13.9 Å². The van der Waals surface area contributed by atoms with Crippen LogP contribution in [0.2, 0.25) is 5.02 Å². The first-order chi connectivity index (χ1) is 13.2. The molecule has 0 spiro atoms. The van der Waals surface area contributed by atoms with Crippen LogP contribution in [0.3, 0.4) is 0 Å². The third-order valence-electron chi connectivity index (χ3n) is 4.44. The summed E-state index contributed by atoms with van der Waals surface area (Å²) in [5, 5.41) is 0.431. The summed E-state index contributed by atoms with van der Waals surface area (Å²) in [6.07, 6.45) is 3.51. The van der Waals surface area contributed by atoms with Gasteiger partial charge in [0, 0.05) is 42.6 Å². The van der Waals surface area contributed by atoms with Crippen LogP contribution in [0, 0.1) is 5.82 Å². The van der Waals surface area contributed by atoms with Gasteiger partial charge in [-0.2, -0.15) is 0 Å². The molecule has 0 amide bonds. The molecule has 1 aliphatic rings. The fraction of sp³-hybridized carbons (Fsp3) is 0.190. The summed E-state index contributed by atoms with van der Waals surface area (Å²) in [6, 6.07) is 14.5. The minimum Gasteiger partial charge on any atom is -0.454 e. The molecule has 4 nitrogen and oxygen atoms in total. The third kappa shape index (κ3) is 4.21. The van der Waals surface area contributed by atoms with Crippen molar-refractivity contribution in [1.29, 1.82) is 0 Å². The van der Waals surface area contributed by atoms with Gasteiger partial charge in [0.05, 0.1) is 0 Å². The van der Waals surface area contributed by atoms with Gasteiger partial charge in [0.25, 0.3) is 0 Å². The van der Waals surface area contributed by atoms with Gasteiger partial charge >= 0.3 is 0 Å². The average Bonchev–Trinajstić information content (AvgIpc) is 3.13. The minimum absolute atomic E-state index is 0.240. The summed E-state index contributed by atoms with van der Waals surface area (Å²) in [7, 11) is 0. The van der Waals surface area contributed by atoms with E-state index in [-0.39, 0.29) is 12.6 Å². The van der Waals surface area contributed by atoms with Crippen LogP contribution in [0.4, 0.5) is 4.39 Å². The zero-order valence-corrected chi connectivity index (χ0v) is 15.3. The molecule has 3 aromatic rings. The maximum atomic E-state index is 14.3. The molecule has 4 rings (SSSR count). The van der Waals surface area contributed by atoms with Crippen LogP contribution in [0.1, 0.15) is 16.7 Å². The SMILES string of the molecule is Fc1cccc(Cl)c1CN(Cc1ccncc1)Cc1ccc2c(c1)OCO2. The number of hydrogen-bond donors (Lipinski definition) is 0. The van der Waals surface area contributed by atoms with Crippen molar-refractivity contribution in [3.8, 4) is 11.5 Å². The van der Waals surface area contributed by atoms with Crippen LogP contribution in [0.15, 0.2) is 60.9 Å². The van der Waals surface area contributed by atoms with Gasteiger partial charge in [-0.25, -0.2) is 4.39 Å². The predicted octanol–water partition coefficient (Wildman–Crippen LogP) is 4.81. The quantitative estimate of drug-likeness (QED) is 0.611. The lowest BCUT2D eigenvalue weighted by molar-refractivity contribution is 0.174. The van der Waals surface area contributed by atoms with Crippen molar-refractivity contribution >= 4 is 11.6 Å². The fourth-order valence-electron chi connectivity index (χ4n) is 3.12. The normalized spacial score (nSPS) is 12.6. The van der Waals surface area contributed by atoms with Gasteiger partial charge in [0.15, 0.2) is 11.5 Å². The van der Waals surface area contributed by atoms with Gasteiger partial charge in [-0.05, 0) is 47.5 Å². The lowest BCUT2D eigenvalue weighted by Crippen LogP contribution is -2.23. The lowest BCUT2D eigenvalue weighted by atomic mass is 10.1. The Morgan fingerprint density at radius 3 is 2.52 bits per heavy atom. The minimum atomic E-state index is -0.298. The van der Waals surface area contributed by atoms with Crippen molar-refractivity contribution in [2.75, 3.05) is 6.79 Å². The van der Waals surface area contributed by atoms with E-state index < -0.39 is 0 Å². The number of fused-ring (bicyclic) bond motifs is 1. The number of rotatable bonds is 6. The van der Waals surface area contributed by atoms with Crippen LogP contribution in [0.25, 0.3) is 0 Å². The summed E-state index contributed by atoms with van der Waals surface area (Å²) in [5.41, 5.74) is 2.65. The Balaban J connectivity index is 1.59. The first kappa shape index (κ1) is 17.8. The van der Waals surface area contributed by atoms with E-state index in [0.29, 0.717) is 30.2 Å². The second-order valence-electron chi connectivity index (χ2n) is 6.39. The van der Waals surface area contributed by atoms with Crippen LogP contribution < -0.4 is 9.47 Å². The van der Waals surface area contributed by atoms with Crippen LogP contribution >= 0.6 is 11.6 Å². The van der Waals surface area contributed by atoms with E-state index in [2.05, 4.69) is 9.88 Å². The Bertz CT molecular complexity index is 916. The standard InChI is InChI=1S/C21H18ClFN2O2/c22-18-2-1-3-19(23)17(18)13-25(11-15-6-8-24-9-7-15)12-16-4-5-20-21(10-16)27-14-26-20/h1-10H,11-14H2. The molecule has 0 saturated heterocycles. The van der Waals surface area contributed by atoms with E-state index in [1.165, 1.54) is 6.07 Å². The first-order valence-electron chi connectivity index (χ1n) is 8.62. The largest absolute Gasteiger partial charge is 0.454 e. The molecular formula is C21H18ClFN2O2. The number of nitrogens with zero attached hydrogens (tertiary/aromatic N) is 2. The van der Waals surface area contributed by atoms with E-state index in [4.69, 9.17) is 21.1 Å². The van der Waals surface area contributed by atoms with Crippen molar-refractivity contribution in [3.05, 3.63) is 88.5 Å². The van der Waals surface area contributed by atoms with Gasteiger partial charge in [0.2, 0.25) is 6.79 Å². The summed E-state index contributed by atoms with van der Waals surface area (Å²) < 4.78 is 25.1. The average molecular weight is 385 g/mol. The number of ether oxygens (including phenoxy) is 2. The highest BCUT2D eigenvalue weighted by Crippen LogP contribution is 2.33. The van der Waals surface area contributed by atoms with Gasteiger partial charge in [-0.3, -0.25) is 9.88 Å². The molecule has 0 saturated carbocycles. The second kappa shape index (κ2) is 7.94. The maximum Gasteiger partial charge on any atom is 0.231 e. The number of pyridine rings is 1. The van der Waals surface area contributed by atoms with Gasteiger partial charge < -0.3 is 9.47 Å². The summed E-state index contributed by atoms with van der Waals surface area (Å²) in [5.74, 6) is 1.18. The highest BCUT2D eigenvalue weighted by atomic mass is 35.5. The molecule has 1 aliphatic heterocycles. The molecule has 2 heterocycles. The first-order valence-corrected chi connectivity index (χ1v) is 8.99. The van der Waals surface area contributed by atoms with E-state index in [0.717, 1.165) is 22.6 Å². The van der Waals surface area contributed by atoms with Crippen LogP contribution in [0.5, 0.6) is 11.5 Å². The monoisotopic (exact) mass is 384 g/mol. The van der Waals surface area contributed by atoms with Gasteiger partial charge in [-0.15, -0.1) is 0 Å². The maximum absolute atomic E-state index is 14.3. The zero-order valence-electron chi connectivity index (χ0n) is 14.6. The molecule has 2 aromatic carbocycles. The van der Waals surface area contributed by atoms with E-state index in [1.54, 1.807) is 24.5 Å². The van der Waals surface area contributed by atoms with Crippen molar-refractivity contribution in [1.82, 2.24) is 9.88 Å². The molecule has 0 bridgehead atoms. The third-order valence-corrected chi connectivity index (χ3v) is 4.80. The molecule has 138 valence electrons. The topological polar surface area (TPSA) is 34.6 Å². The fourth-order valence-corrected chi connectivity index (χ4v) is 3.34. The molecule has 0 fully saturated rings. The molecule has 0 aliphatic carbocycles. The molecule has 0 unspecified atom stereocenters. The number of halogens is 2. The second-order valence-corrected chi connectivity index (χ2v) is 6.80. The van der Waals surface area contributed by atoms with Gasteiger partial charge in [-0.1, -0.05) is 23.7 Å². The van der Waals surface area contributed by atoms with Gasteiger partial charge in [0.1, 0.15) is 5.82 Å². The lowest BCUT2D eigenvalue weighted by Gasteiger charge is -2.23. The Kier molecular flexibility index (Phi) is 5.23. The summed E-state index contributed by atoms with van der Waals surface area (Å²) >= 11 is 6.24. The molecule has 27 heavy (non-hydrogen) atoms. The number of aromatic nitrogens is 1. The Morgan fingerprint density at radius 2 is 1.70 bits per heavy atom. The molecular weight excluding hydrogens is 367 g/mol. The van der Waals surface area contributed by atoms with Crippen LogP contribution in [-0.2, 0) is 19.6 Å². The summed E-state index contributed by atoms with van der Waals surface area (Å²) in [6.45, 7) is 1.89. The Labute approximate surface area is 162 Å². The molecule has 0 atom stereocenters. The van der Waals surface area contributed by atoms with Crippen molar-refractivity contribution in [2.24, 2.45) is 0 Å². The highest BCUT2D eigenvalue weighted by molar-refractivity contribution is 6.31. The highest BCUT2D eigenvalue weighted by Gasteiger charge is 2.17. The molecule has 6 heteroatoms. The van der Waals surface area contributed by atoms with E-state index in [9.17, 15) is 4.39 Å². The summed E-state index contributed by atoms with van der Waals surface area (Å²) in [4.78, 5) is 6.19.